The molecule has 19 heavy (non-hydrogen) atoms. The zero-order valence-electron chi connectivity index (χ0n) is 10.6. The maximum Gasteiger partial charge on any atom is 0.128 e. The van der Waals surface area contributed by atoms with Crippen molar-refractivity contribution in [1.29, 1.82) is 0 Å². The first kappa shape index (κ1) is 14.1. The quantitative estimate of drug-likeness (QED) is 0.914. The molecule has 0 radical (unpaired) electrons. The lowest BCUT2D eigenvalue weighted by Gasteiger charge is -2.20. The molecule has 0 amide bonds. The highest BCUT2D eigenvalue weighted by Crippen LogP contribution is 2.31. The van der Waals surface area contributed by atoms with Crippen LogP contribution in [0.2, 0.25) is 10.0 Å². The molecule has 2 aromatic heterocycles. The van der Waals surface area contributed by atoms with Crippen LogP contribution in [0.1, 0.15) is 22.9 Å². The maximum absolute atomic E-state index is 6.21. The van der Waals surface area contributed by atoms with Gasteiger partial charge in [0, 0.05) is 18.0 Å². The summed E-state index contributed by atoms with van der Waals surface area (Å²) in [5.41, 5.74) is 8.55. The average molecular weight is 297 g/mol. The van der Waals surface area contributed by atoms with E-state index >= 15 is 0 Å². The highest BCUT2D eigenvalue weighted by atomic mass is 35.5. The van der Waals surface area contributed by atoms with Gasteiger partial charge in [-0.1, -0.05) is 23.2 Å². The highest BCUT2D eigenvalue weighted by Gasteiger charge is 2.21. The molecule has 0 bridgehead atoms. The summed E-state index contributed by atoms with van der Waals surface area (Å²) in [6, 6.07) is 3.34. The minimum atomic E-state index is -0.224. The Morgan fingerprint density at radius 3 is 2.63 bits per heavy atom. The molecule has 0 saturated heterocycles. The normalized spacial score (nSPS) is 12.4. The maximum atomic E-state index is 6.21. The lowest BCUT2D eigenvalue weighted by Crippen LogP contribution is -2.22. The minimum absolute atomic E-state index is 0.224. The van der Waals surface area contributed by atoms with Gasteiger partial charge in [0.15, 0.2) is 0 Å². The molecule has 0 saturated carbocycles. The summed E-state index contributed by atoms with van der Waals surface area (Å²) in [4.78, 5) is 8.42. The summed E-state index contributed by atoms with van der Waals surface area (Å²) in [5, 5.41) is 4.16. The number of nitrogens with zero attached hydrogens (tertiary/aromatic N) is 2. The number of hydrogen-bond donors (Lipinski definition) is 2. The van der Waals surface area contributed by atoms with E-state index in [2.05, 4.69) is 15.3 Å². The van der Waals surface area contributed by atoms with Gasteiger partial charge in [-0.3, -0.25) is 4.98 Å². The number of hydrogen-bond acceptors (Lipinski definition) is 4. The smallest absolute Gasteiger partial charge is 0.128 e. The van der Waals surface area contributed by atoms with Gasteiger partial charge < -0.3 is 11.1 Å². The molecule has 6 heteroatoms. The van der Waals surface area contributed by atoms with Crippen LogP contribution in [-0.2, 0) is 0 Å². The topological polar surface area (TPSA) is 63.8 Å². The van der Waals surface area contributed by atoms with Crippen LogP contribution in [0.5, 0.6) is 0 Å². The SMILES string of the molecule is CNC(c1ncc(Cl)cc1Cl)c1c(C)ccnc1N. The average Bonchev–Trinajstić information content (AvgIpc) is 2.35. The lowest BCUT2D eigenvalue weighted by molar-refractivity contribution is 0.667. The third-order valence-electron chi connectivity index (χ3n) is 2.93. The summed E-state index contributed by atoms with van der Waals surface area (Å²) in [5.74, 6) is 0.465. The van der Waals surface area contributed by atoms with Crippen LogP contribution in [0.4, 0.5) is 5.82 Å². The van der Waals surface area contributed by atoms with Gasteiger partial charge >= 0.3 is 0 Å². The number of rotatable bonds is 3. The zero-order chi connectivity index (χ0) is 14.0. The molecule has 4 nitrogen and oxygen atoms in total. The first-order chi connectivity index (χ1) is 9.04. The number of nitrogen functional groups attached to an aromatic ring is 1. The van der Waals surface area contributed by atoms with E-state index in [1.165, 1.54) is 0 Å². The molecule has 0 aliphatic heterocycles. The number of aromatic nitrogens is 2. The number of nitrogens with one attached hydrogen (secondary N) is 1. The summed E-state index contributed by atoms with van der Waals surface area (Å²) < 4.78 is 0. The molecular weight excluding hydrogens is 283 g/mol. The predicted molar refractivity (Wildman–Crippen MR) is 78.5 cm³/mol. The van der Waals surface area contributed by atoms with Gasteiger partial charge in [-0.25, -0.2) is 4.98 Å². The Balaban J connectivity index is 2.56. The van der Waals surface area contributed by atoms with Crippen molar-refractivity contribution < 1.29 is 0 Å². The first-order valence-corrected chi connectivity index (χ1v) is 6.49. The van der Waals surface area contributed by atoms with Gasteiger partial charge in [0.2, 0.25) is 0 Å². The van der Waals surface area contributed by atoms with Gasteiger partial charge in [-0.05, 0) is 31.7 Å². The van der Waals surface area contributed by atoms with Crippen molar-refractivity contribution in [2.45, 2.75) is 13.0 Å². The molecule has 0 aliphatic carbocycles. The summed E-state index contributed by atoms with van der Waals surface area (Å²) in [7, 11) is 1.82. The van der Waals surface area contributed by atoms with Gasteiger partial charge in [-0.15, -0.1) is 0 Å². The van der Waals surface area contributed by atoms with Crippen molar-refractivity contribution in [2.75, 3.05) is 12.8 Å². The molecule has 1 atom stereocenters. The molecule has 100 valence electrons. The molecular formula is C13H14Cl2N4. The van der Waals surface area contributed by atoms with Gasteiger partial charge in [0.25, 0.3) is 0 Å². The second-order valence-electron chi connectivity index (χ2n) is 4.17. The fraction of sp³-hybridized carbons (Fsp3) is 0.231. The molecule has 3 N–H and O–H groups in total. The predicted octanol–water partition coefficient (Wildman–Crippen LogP) is 2.98. The van der Waals surface area contributed by atoms with Crippen LogP contribution in [-0.4, -0.2) is 17.0 Å². The van der Waals surface area contributed by atoms with E-state index in [1.54, 1.807) is 18.5 Å². The number of halogens is 2. The highest BCUT2D eigenvalue weighted by molar-refractivity contribution is 6.34. The summed E-state index contributed by atoms with van der Waals surface area (Å²) >= 11 is 12.1. The molecule has 1 unspecified atom stereocenters. The third kappa shape index (κ3) is 2.81. The van der Waals surface area contributed by atoms with Crippen molar-refractivity contribution in [3.05, 3.63) is 51.4 Å². The van der Waals surface area contributed by atoms with Crippen molar-refractivity contribution in [2.24, 2.45) is 0 Å². The zero-order valence-corrected chi connectivity index (χ0v) is 12.1. The molecule has 0 fully saturated rings. The van der Waals surface area contributed by atoms with Crippen LogP contribution in [0, 0.1) is 6.92 Å². The molecule has 2 aromatic rings. The van der Waals surface area contributed by atoms with Crippen LogP contribution in [0.25, 0.3) is 0 Å². The van der Waals surface area contributed by atoms with E-state index in [0.29, 0.717) is 21.6 Å². The Morgan fingerprint density at radius 1 is 1.32 bits per heavy atom. The Kier molecular flexibility index (Phi) is 4.24. The molecule has 2 rings (SSSR count). The van der Waals surface area contributed by atoms with Crippen LogP contribution >= 0.6 is 23.2 Å². The monoisotopic (exact) mass is 296 g/mol. The number of nitrogens with two attached hydrogens (primary N) is 1. The Labute approximate surface area is 122 Å². The minimum Gasteiger partial charge on any atom is -0.383 e. The molecule has 0 spiro atoms. The fourth-order valence-electron chi connectivity index (χ4n) is 2.02. The Morgan fingerprint density at radius 2 is 2.05 bits per heavy atom. The van der Waals surface area contributed by atoms with Crippen LogP contribution in [0.15, 0.2) is 24.5 Å². The van der Waals surface area contributed by atoms with E-state index in [4.69, 9.17) is 28.9 Å². The number of anilines is 1. The summed E-state index contributed by atoms with van der Waals surface area (Å²) in [6.07, 6.45) is 3.24. The molecule has 0 aromatic carbocycles. The van der Waals surface area contributed by atoms with Gasteiger partial charge in [-0.2, -0.15) is 0 Å². The lowest BCUT2D eigenvalue weighted by atomic mass is 9.99. The van der Waals surface area contributed by atoms with E-state index in [9.17, 15) is 0 Å². The third-order valence-corrected chi connectivity index (χ3v) is 3.44. The molecule has 2 heterocycles. The first-order valence-electron chi connectivity index (χ1n) is 5.73. The van der Waals surface area contributed by atoms with Crippen molar-refractivity contribution >= 4 is 29.0 Å². The molecule has 0 aliphatic rings. The van der Waals surface area contributed by atoms with Crippen molar-refractivity contribution in [3.63, 3.8) is 0 Å². The summed E-state index contributed by atoms with van der Waals surface area (Å²) in [6.45, 7) is 1.97. The van der Waals surface area contributed by atoms with Crippen LogP contribution in [0.3, 0.4) is 0 Å². The van der Waals surface area contributed by atoms with E-state index in [-0.39, 0.29) is 6.04 Å². The number of pyridine rings is 2. The second kappa shape index (κ2) is 5.74. The Hall–Kier alpha value is -1.36. The largest absolute Gasteiger partial charge is 0.383 e. The van der Waals surface area contributed by atoms with Crippen molar-refractivity contribution in [3.8, 4) is 0 Å². The van der Waals surface area contributed by atoms with E-state index in [0.717, 1.165) is 11.1 Å². The fourth-order valence-corrected chi connectivity index (χ4v) is 2.51. The van der Waals surface area contributed by atoms with E-state index in [1.807, 2.05) is 20.0 Å². The van der Waals surface area contributed by atoms with Crippen LogP contribution < -0.4 is 11.1 Å². The standard InChI is InChI=1S/C13H14Cl2N4/c1-7-3-4-18-13(16)10(7)12(17-2)11-9(15)5-8(14)6-19-11/h3-6,12,17H,1-2H3,(H2,16,18). The van der Waals surface area contributed by atoms with Crippen molar-refractivity contribution in [1.82, 2.24) is 15.3 Å². The van der Waals surface area contributed by atoms with Gasteiger partial charge in [0.05, 0.1) is 21.8 Å². The second-order valence-corrected chi connectivity index (χ2v) is 5.01. The van der Waals surface area contributed by atoms with Gasteiger partial charge in [0.1, 0.15) is 5.82 Å². The Bertz CT molecular complexity index is 581. The number of aryl methyl sites for hydroxylation is 1. The van der Waals surface area contributed by atoms with E-state index < -0.39 is 0 Å².